The van der Waals surface area contributed by atoms with Gasteiger partial charge in [-0.25, -0.2) is 0 Å². The molecule has 3 rings (SSSR count). The minimum Gasteiger partial charge on any atom is -0.507 e. The molecule has 1 unspecified atom stereocenters. The van der Waals surface area contributed by atoms with Crippen molar-refractivity contribution < 1.29 is 29.3 Å². The van der Waals surface area contributed by atoms with E-state index in [1.807, 2.05) is 27.7 Å². The summed E-state index contributed by atoms with van der Waals surface area (Å²) in [6, 6.07) is 0. The van der Waals surface area contributed by atoms with E-state index >= 15 is 0 Å². The van der Waals surface area contributed by atoms with Gasteiger partial charge in [-0.05, 0) is 50.0 Å². The first-order valence-corrected chi connectivity index (χ1v) is 10.8. The number of hydrogen-bond donors (Lipinski definition) is 3. The van der Waals surface area contributed by atoms with Crippen LogP contribution in [-0.2, 0) is 21.6 Å². The smallest absolute Gasteiger partial charge is 0.234 e. The normalized spacial score (nSPS) is 17.7. The third-order valence-corrected chi connectivity index (χ3v) is 6.22. The summed E-state index contributed by atoms with van der Waals surface area (Å²) in [6.45, 7) is 7.40. The Hall–Kier alpha value is -2.84. The van der Waals surface area contributed by atoms with E-state index in [-0.39, 0.29) is 50.9 Å². The second kappa shape index (κ2) is 8.60. The number of Topliss-reactive ketones (excluding diaryl/α,β-unsaturated/α-hetero) is 1. The van der Waals surface area contributed by atoms with Crippen LogP contribution < -0.4 is 5.43 Å². The molecule has 2 aromatic rings. The van der Waals surface area contributed by atoms with Crippen LogP contribution in [-0.4, -0.2) is 28.2 Å². The van der Waals surface area contributed by atoms with Gasteiger partial charge in [0.25, 0.3) is 0 Å². The molecule has 32 heavy (non-hydrogen) atoms. The van der Waals surface area contributed by atoms with Crippen molar-refractivity contribution in [3.63, 3.8) is 0 Å². The minimum absolute atomic E-state index is 0.0174. The third kappa shape index (κ3) is 3.67. The number of benzene rings is 1. The molecule has 0 radical (unpaired) electrons. The highest BCUT2D eigenvalue weighted by Gasteiger charge is 2.49. The highest BCUT2D eigenvalue weighted by Crippen LogP contribution is 2.45. The van der Waals surface area contributed by atoms with Gasteiger partial charge in [0, 0.05) is 25.2 Å². The van der Waals surface area contributed by atoms with Crippen molar-refractivity contribution in [1.29, 1.82) is 0 Å². The maximum atomic E-state index is 13.7. The number of aromatic hydroxyl groups is 2. The molecule has 1 aromatic carbocycles. The first-order chi connectivity index (χ1) is 15.0. The van der Waals surface area contributed by atoms with Gasteiger partial charge in [0.1, 0.15) is 27.1 Å². The summed E-state index contributed by atoms with van der Waals surface area (Å²) in [5.74, 6) is -2.18. The molecule has 0 fully saturated rings. The fourth-order valence-electron chi connectivity index (χ4n) is 3.74. The van der Waals surface area contributed by atoms with Gasteiger partial charge >= 0.3 is 0 Å². The largest absolute Gasteiger partial charge is 0.507 e. The lowest BCUT2D eigenvalue weighted by Gasteiger charge is -2.33. The van der Waals surface area contributed by atoms with Crippen molar-refractivity contribution >= 4 is 38.8 Å². The van der Waals surface area contributed by atoms with Crippen molar-refractivity contribution in [2.75, 3.05) is 7.11 Å². The SMILES string of the molecule is COC1(CC=C(C)C)C(=O)C(O)=Cc2oc3c(Br)c(O)c(CC=C(C)C)c(O)c3c(=O)c21. The number of halogens is 1. The zero-order valence-electron chi connectivity index (χ0n) is 18.5. The van der Waals surface area contributed by atoms with Gasteiger partial charge in [-0.15, -0.1) is 0 Å². The molecule has 170 valence electrons. The number of fused-ring (bicyclic) bond motifs is 2. The topological polar surface area (TPSA) is 117 Å². The molecule has 0 amide bonds. The van der Waals surface area contributed by atoms with E-state index in [0.717, 1.165) is 17.2 Å². The lowest BCUT2D eigenvalue weighted by molar-refractivity contribution is -0.141. The van der Waals surface area contributed by atoms with Crippen LogP contribution in [0, 0.1) is 0 Å². The average Bonchev–Trinajstić information content (AvgIpc) is 2.72. The van der Waals surface area contributed by atoms with Gasteiger partial charge in [-0.1, -0.05) is 23.3 Å². The van der Waals surface area contributed by atoms with Crippen LogP contribution >= 0.6 is 15.9 Å². The number of rotatable bonds is 5. The summed E-state index contributed by atoms with van der Waals surface area (Å²) in [7, 11) is 1.27. The Labute approximate surface area is 193 Å². The van der Waals surface area contributed by atoms with Crippen LogP contribution in [0.3, 0.4) is 0 Å². The van der Waals surface area contributed by atoms with E-state index in [1.165, 1.54) is 7.11 Å². The molecule has 7 nitrogen and oxygen atoms in total. The fraction of sp³-hybridized carbons (Fsp3) is 0.333. The van der Waals surface area contributed by atoms with Crippen LogP contribution in [0.5, 0.6) is 11.5 Å². The van der Waals surface area contributed by atoms with Crippen molar-refractivity contribution in [3.8, 4) is 11.5 Å². The van der Waals surface area contributed by atoms with E-state index in [1.54, 1.807) is 12.2 Å². The molecule has 0 saturated carbocycles. The molecule has 3 N–H and O–H groups in total. The summed E-state index contributed by atoms with van der Waals surface area (Å²) in [5, 5.41) is 31.7. The molecule has 0 saturated heterocycles. The number of phenolic OH excluding ortho intramolecular Hbond substituents is 2. The molecule has 1 aliphatic carbocycles. The molecule has 1 heterocycles. The van der Waals surface area contributed by atoms with Gasteiger partial charge in [0.15, 0.2) is 16.9 Å². The number of allylic oxidation sites excluding steroid dienone is 3. The molecule has 0 aliphatic heterocycles. The summed E-state index contributed by atoms with van der Waals surface area (Å²) < 4.78 is 11.5. The summed E-state index contributed by atoms with van der Waals surface area (Å²) >= 11 is 3.25. The van der Waals surface area contributed by atoms with Crippen LogP contribution in [0.4, 0.5) is 0 Å². The van der Waals surface area contributed by atoms with E-state index in [2.05, 4.69) is 15.9 Å². The average molecular weight is 505 g/mol. The van der Waals surface area contributed by atoms with Gasteiger partial charge in [-0.2, -0.15) is 0 Å². The number of carbonyl (C=O) groups is 1. The van der Waals surface area contributed by atoms with Crippen LogP contribution in [0.15, 0.2) is 42.7 Å². The number of phenols is 2. The number of aliphatic hydroxyl groups excluding tert-OH is 1. The van der Waals surface area contributed by atoms with Crippen molar-refractivity contribution in [2.24, 2.45) is 0 Å². The molecule has 0 spiro atoms. The number of hydrogen-bond acceptors (Lipinski definition) is 7. The highest BCUT2D eigenvalue weighted by molar-refractivity contribution is 9.10. The molecule has 1 atom stereocenters. The van der Waals surface area contributed by atoms with Crippen molar-refractivity contribution in [2.45, 2.75) is 46.1 Å². The highest BCUT2D eigenvalue weighted by atomic mass is 79.9. The van der Waals surface area contributed by atoms with E-state index in [0.29, 0.717) is 0 Å². The first-order valence-electron chi connectivity index (χ1n) is 9.97. The quantitative estimate of drug-likeness (QED) is 0.481. The molecular formula is C24H25BrO7. The maximum absolute atomic E-state index is 13.7. The fourth-order valence-corrected chi connectivity index (χ4v) is 4.26. The van der Waals surface area contributed by atoms with E-state index in [9.17, 15) is 24.9 Å². The summed E-state index contributed by atoms with van der Waals surface area (Å²) in [4.78, 5) is 26.7. The van der Waals surface area contributed by atoms with Gasteiger partial charge in [0.05, 0.1) is 5.56 Å². The Kier molecular flexibility index (Phi) is 6.40. The maximum Gasteiger partial charge on any atom is 0.234 e. The molecule has 1 aromatic heterocycles. The van der Waals surface area contributed by atoms with Crippen LogP contribution in [0.25, 0.3) is 17.0 Å². The zero-order chi connectivity index (χ0) is 24.0. The number of methoxy groups -OCH3 is 1. The Morgan fingerprint density at radius 2 is 1.72 bits per heavy atom. The Morgan fingerprint density at radius 3 is 2.28 bits per heavy atom. The van der Waals surface area contributed by atoms with Crippen molar-refractivity contribution in [1.82, 2.24) is 0 Å². The molecule has 1 aliphatic rings. The molecule has 8 heteroatoms. The predicted molar refractivity (Wildman–Crippen MR) is 125 cm³/mol. The second-order valence-electron chi connectivity index (χ2n) is 8.23. The van der Waals surface area contributed by atoms with Crippen molar-refractivity contribution in [3.05, 3.63) is 60.6 Å². The predicted octanol–water partition coefficient (Wildman–Crippen LogP) is 5.16. The number of carbonyl (C=O) groups excluding carboxylic acids is 1. The van der Waals surface area contributed by atoms with Gasteiger partial charge in [0.2, 0.25) is 11.2 Å². The monoisotopic (exact) mass is 504 g/mol. The van der Waals surface area contributed by atoms with E-state index in [4.69, 9.17) is 9.15 Å². The standard InChI is InChI=1S/C24H25BrO7/c1-11(2)6-7-13-19(27)16-21(29)17-15(32-22(16)18(25)20(13)28)10-14(26)23(30)24(17,31-5)9-8-12(3)4/h6,8,10,26-28H,7,9H2,1-5H3. The van der Waals surface area contributed by atoms with Crippen LogP contribution in [0.2, 0.25) is 0 Å². The first kappa shape index (κ1) is 23.8. The minimum atomic E-state index is -1.82. The number of ketones is 1. The number of ether oxygens (including phenoxy) is 1. The van der Waals surface area contributed by atoms with Gasteiger partial charge in [-0.3, -0.25) is 9.59 Å². The summed E-state index contributed by atoms with van der Waals surface area (Å²) in [6.07, 6.45) is 4.73. The van der Waals surface area contributed by atoms with Crippen LogP contribution in [0.1, 0.15) is 51.0 Å². The second-order valence-corrected chi connectivity index (χ2v) is 9.02. The zero-order valence-corrected chi connectivity index (χ0v) is 20.1. The third-order valence-electron chi connectivity index (χ3n) is 5.49. The van der Waals surface area contributed by atoms with Gasteiger partial charge < -0.3 is 24.5 Å². The summed E-state index contributed by atoms with van der Waals surface area (Å²) in [5.41, 5.74) is -0.732. The number of aliphatic hydroxyl groups is 1. The van der Waals surface area contributed by atoms with E-state index < -0.39 is 28.3 Å². The Balaban J connectivity index is 2.48. The molecular weight excluding hydrogens is 480 g/mol. The lowest BCUT2D eigenvalue weighted by atomic mass is 9.79. The Bertz CT molecular complexity index is 1270. The molecule has 0 bridgehead atoms. The lowest BCUT2D eigenvalue weighted by Crippen LogP contribution is -2.45. The Morgan fingerprint density at radius 1 is 1.09 bits per heavy atom.